The van der Waals surface area contributed by atoms with Crippen molar-refractivity contribution in [2.75, 3.05) is 24.6 Å². The van der Waals surface area contributed by atoms with E-state index in [1.165, 1.54) is 18.4 Å². The zero-order valence-electron chi connectivity index (χ0n) is 17.0. The zero-order valence-corrected chi connectivity index (χ0v) is 20.1. The predicted octanol–water partition coefficient (Wildman–Crippen LogP) is 3.86. The Morgan fingerprint density at radius 2 is 2.11 bits per heavy atom. The molecular weight excluding hydrogens is 485 g/mol. The maximum atomic E-state index is 10.5. The second-order valence-electron chi connectivity index (χ2n) is 7.71. The molecule has 1 heterocycles. The van der Waals surface area contributed by atoms with Crippen LogP contribution in [0, 0.1) is 6.92 Å². The van der Waals surface area contributed by atoms with Crippen molar-refractivity contribution in [1.29, 1.82) is 0 Å². The molecule has 2 fully saturated rings. The summed E-state index contributed by atoms with van der Waals surface area (Å²) in [6, 6.07) is 6.36. The van der Waals surface area contributed by atoms with Crippen molar-refractivity contribution in [2.45, 2.75) is 64.2 Å². The number of halogens is 1. The van der Waals surface area contributed by atoms with Gasteiger partial charge in [-0.2, -0.15) is 11.8 Å². The van der Waals surface area contributed by atoms with Gasteiger partial charge in [0.05, 0.1) is 18.2 Å². The number of rotatable bonds is 7. The van der Waals surface area contributed by atoms with Gasteiger partial charge in [0.15, 0.2) is 5.96 Å². The topological polar surface area (TPSA) is 65.9 Å². The normalized spacial score (nSPS) is 22.8. The zero-order chi connectivity index (χ0) is 19.1. The predicted molar refractivity (Wildman–Crippen MR) is 129 cm³/mol. The highest BCUT2D eigenvalue weighted by atomic mass is 127. The van der Waals surface area contributed by atoms with Crippen LogP contribution >= 0.6 is 35.7 Å². The highest BCUT2D eigenvalue weighted by Gasteiger charge is 2.31. The summed E-state index contributed by atoms with van der Waals surface area (Å²) in [5, 5.41) is 17.1. The number of aliphatic imine (C=N–C) groups is 1. The number of nitrogens with zero attached hydrogens (tertiary/aromatic N) is 1. The van der Waals surface area contributed by atoms with Crippen LogP contribution in [0.5, 0.6) is 5.75 Å². The molecule has 1 aromatic rings. The van der Waals surface area contributed by atoms with E-state index in [2.05, 4.69) is 42.7 Å². The van der Waals surface area contributed by atoms with Gasteiger partial charge < -0.3 is 20.5 Å². The van der Waals surface area contributed by atoms with Gasteiger partial charge >= 0.3 is 0 Å². The molecule has 5 nitrogen and oxygen atoms in total. The van der Waals surface area contributed by atoms with Crippen LogP contribution in [0.3, 0.4) is 0 Å². The first kappa shape index (κ1) is 23.6. The number of thioether (sulfide) groups is 1. The molecule has 0 aromatic heterocycles. The third-order valence-corrected chi connectivity index (χ3v) is 6.47. The van der Waals surface area contributed by atoms with Crippen LogP contribution in [0.4, 0.5) is 0 Å². The second kappa shape index (κ2) is 11.5. The number of benzene rings is 1. The third kappa shape index (κ3) is 6.99. The molecule has 28 heavy (non-hydrogen) atoms. The average Bonchev–Trinajstić information content (AvgIpc) is 3.31. The Kier molecular flexibility index (Phi) is 9.69. The largest absolute Gasteiger partial charge is 0.490 e. The average molecular weight is 519 g/mol. The van der Waals surface area contributed by atoms with Crippen molar-refractivity contribution in [3.8, 4) is 5.75 Å². The van der Waals surface area contributed by atoms with Gasteiger partial charge in [-0.15, -0.1) is 24.0 Å². The first-order valence-corrected chi connectivity index (χ1v) is 11.3. The summed E-state index contributed by atoms with van der Waals surface area (Å²) in [5.41, 5.74) is 1.70. The smallest absolute Gasteiger partial charge is 0.191 e. The van der Waals surface area contributed by atoms with Crippen LogP contribution in [0.1, 0.15) is 50.2 Å². The molecule has 0 radical (unpaired) electrons. The Hall–Kier alpha value is -0.670. The Labute approximate surface area is 190 Å². The molecule has 1 saturated carbocycles. The lowest BCUT2D eigenvalue weighted by Gasteiger charge is -2.23. The van der Waals surface area contributed by atoms with E-state index in [1.54, 1.807) is 0 Å². The van der Waals surface area contributed by atoms with Gasteiger partial charge in [0.1, 0.15) is 5.75 Å². The standard InChI is InChI=1S/C21H33N3O2S.HI/c1-3-22-20(24-14-21(25)10-11-27-15-21)23-13-17-9-8-16(2)12-19(17)26-18-6-4-5-7-18;/h8-9,12,18,25H,3-7,10-11,13-15H2,1-2H3,(H2,22,23,24);1H. The van der Waals surface area contributed by atoms with E-state index < -0.39 is 5.60 Å². The van der Waals surface area contributed by atoms with Gasteiger partial charge in [-0.25, -0.2) is 4.99 Å². The van der Waals surface area contributed by atoms with E-state index in [9.17, 15) is 5.11 Å². The Bertz CT molecular complexity index is 645. The van der Waals surface area contributed by atoms with E-state index in [-0.39, 0.29) is 24.0 Å². The highest BCUT2D eigenvalue weighted by Crippen LogP contribution is 2.28. The number of hydrogen-bond donors (Lipinski definition) is 3. The fourth-order valence-electron chi connectivity index (χ4n) is 3.58. The van der Waals surface area contributed by atoms with Gasteiger partial charge in [0.2, 0.25) is 0 Å². The first-order chi connectivity index (χ1) is 13.1. The summed E-state index contributed by atoms with van der Waals surface area (Å²) in [6.45, 7) is 6.03. The summed E-state index contributed by atoms with van der Waals surface area (Å²) >= 11 is 1.81. The van der Waals surface area contributed by atoms with E-state index in [0.29, 0.717) is 19.2 Å². The van der Waals surface area contributed by atoms with Gasteiger partial charge in [-0.3, -0.25) is 0 Å². The fourth-order valence-corrected chi connectivity index (χ4v) is 4.87. The van der Waals surface area contributed by atoms with Crippen molar-refractivity contribution in [3.05, 3.63) is 29.3 Å². The lowest BCUT2D eigenvalue weighted by molar-refractivity contribution is 0.0724. The number of ether oxygens (including phenoxy) is 1. The molecule has 0 spiro atoms. The summed E-state index contributed by atoms with van der Waals surface area (Å²) < 4.78 is 6.28. The van der Waals surface area contributed by atoms with Crippen molar-refractivity contribution in [1.82, 2.24) is 10.6 Å². The molecule has 1 aliphatic heterocycles. The third-order valence-electron chi connectivity index (χ3n) is 5.24. The quantitative estimate of drug-likeness (QED) is 0.290. The maximum absolute atomic E-state index is 10.5. The lowest BCUT2D eigenvalue weighted by atomic mass is 10.0. The van der Waals surface area contributed by atoms with Gasteiger partial charge in [0.25, 0.3) is 0 Å². The molecule has 7 heteroatoms. The summed E-state index contributed by atoms with van der Waals surface area (Å²) in [6.07, 6.45) is 6.00. The molecule has 1 unspecified atom stereocenters. The van der Waals surface area contributed by atoms with Crippen LogP contribution in [0.2, 0.25) is 0 Å². The van der Waals surface area contributed by atoms with E-state index in [0.717, 1.165) is 54.6 Å². The SMILES string of the molecule is CCNC(=NCc1ccc(C)cc1OC1CCCC1)NCC1(O)CCSC1.I. The number of aryl methyl sites for hydroxylation is 1. The van der Waals surface area contributed by atoms with Crippen molar-refractivity contribution in [3.63, 3.8) is 0 Å². The highest BCUT2D eigenvalue weighted by molar-refractivity contribution is 14.0. The molecule has 1 atom stereocenters. The summed E-state index contributed by atoms with van der Waals surface area (Å²) in [4.78, 5) is 4.74. The fraction of sp³-hybridized carbons (Fsp3) is 0.667. The molecule has 3 rings (SSSR count). The molecule has 1 saturated heterocycles. The van der Waals surface area contributed by atoms with Crippen LogP contribution < -0.4 is 15.4 Å². The number of guanidine groups is 1. The molecule has 3 N–H and O–H groups in total. The Morgan fingerprint density at radius 1 is 1.32 bits per heavy atom. The number of aliphatic hydroxyl groups is 1. The van der Waals surface area contributed by atoms with E-state index >= 15 is 0 Å². The Morgan fingerprint density at radius 3 is 2.79 bits per heavy atom. The lowest BCUT2D eigenvalue weighted by Crippen LogP contribution is -2.47. The number of hydrogen-bond acceptors (Lipinski definition) is 4. The van der Waals surface area contributed by atoms with Crippen LogP contribution in [0.15, 0.2) is 23.2 Å². The molecule has 1 aliphatic carbocycles. The van der Waals surface area contributed by atoms with Gasteiger partial charge in [-0.05, 0) is 63.3 Å². The molecule has 2 aliphatic rings. The minimum Gasteiger partial charge on any atom is -0.490 e. The minimum atomic E-state index is -0.624. The van der Waals surface area contributed by atoms with Crippen LogP contribution in [-0.2, 0) is 6.54 Å². The van der Waals surface area contributed by atoms with Crippen molar-refractivity contribution >= 4 is 41.7 Å². The molecule has 0 bridgehead atoms. The molecular formula is C21H34IN3O2S. The molecule has 0 amide bonds. The first-order valence-electron chi connectivity index (χ1n) is 10.2. The Balaban J connectivity index is 0.00000280. The second-order valence-corrected chi connectivity index (χ2v) is 8.82. The van der Waals surface area contributed by atoms with Gasteiger partial charge in [-0.1, -0.05) is 12.1 Å². The summed E-state index contributed by atoms with van der Waals surface area (Å²) in [7, 11) is 0. The van der Waals surface area contributed by atoms with E-state index in [4.69, 9.17) is 9.73 Å². The maximum Gasteiger partial charge on any atom is 0.191 e. The van der Waals surface area contributed by atoms with Crippen LogP contribution in [-0.4, -0.2) is 47.4 Å². The van der Waals surface area contributed by atoms with Gasteiger partial charge in [0, 0.05) is 24.4 Å². The molecule has 158 valence electrons. The van der Waals surface area contributed by atoms with Crippen molar-refractivity contribution in [2.24, 2.45) is 4.99 Å². The monoisotopic (exact) mass is 519 g/mol. The minimum absolute atomic E-state index is 0. The summed E-state index contributed by atoms with van der Waals surface area (Å²) in [5.74, 6) is 3.52. The van der Waals surface area contributed by atoms with E-state index in [1.807, 2.05) is 11.8 Å². The van der Waals surface area contributed by atoms with Crippen LogP contribution in [0.25, 0.3) is 0 Å². The number of nitrogens with one attached hydrogen (secondary N) is 2. The molecule has 1 aromatic carbocycles. The van der Waals surface area contributed by atoms with Crippen molar-refractivity contribution < 1.29 is 9.84 Å².